The fourth-order valence-corrected chi connectivity index (χ4v) is 2.89. The largest absolute Gasteiger partial charge is 0.371 e. The first kappa shape index (κ1) is 14.5. The van der Waals surface area contributed by atoms with Crippen LogP contribution in [0.3, 0.4) is 0 Å². The minimum Gasteiger partial charge on any atom is -0.371 e. The molecule has 1 aliphatic rings. The molecule has 0 amide bonds. The number of carbonyl (C=O) groups excluding carboxylic acids is 1. The number of hydrogen-bond donors (Lipinski definition) is 0. The molecule has 0 saturated carbocycles. The van der Waals surface area contributed by atoms with E-state index in [1.807, 2.05) is 0 Å². The molecule has 1 unspecified atom stereocenters. The van der Waals surface area contributed by atoms with E-state index in [0.717, 1.165) is 25.2 Å². The van der Waals surface area contributed by atoms with Crippen LogP contribution in [0.5, 0.6) is 0 Å². The van der Waals surface area contributed by atoms with Gasteiger partial charge in [0.2, 0.25) is 0 Å². The van der Waals surface area contributed by atoms with E-state index >= 15 is 0 Å². The van der Waals surface area contributed by atoms with Crippen LogP contribution < -0.4 is 4.90 Å². The Bertz CT molecular complexity index is 528. The third-order valence-electron chi connectivity index (χ3n) is 3.89. The van der Waals surface area contributed by atoms with Gasteiger partial charge in [-0.1, -0.05) is 13.3 Å². The van der Waals surface area contributed by atoms with Crippen molar-refractivity contribution in [3.63, 3.8) is 0 Å². The second-order valence-electron chi connectivity index (χ2n) is 5.40. The van der Waals surface area contributed by atoms with Gasteiger partial charge in [-0.2, -0.15) is 0 Å². The number of anilines is 1. The third-order valence-corrected chi connectivity index (χ3v) is 3.89. The highest BCUT2D eigenvalue weighted by atomic mass is 16.6. The zero-order valence-corrected chi connectivity index (χ0v) is 12.0. The highest BCUT2D eigenvalue weighted by Gasteiger charge is 2.25. The molecule has 0 N–H and O–H groups in total. The zero-order valence-electron chi connectivity index (χ0n) is 12.0. The highest BCUT2D eigenvalue weighted by molar-refractivity contribution is 6.00. The van der Waals surface area contributed by atoms with Crippen LogP contribution in [0, 0.1) is 16.0 Å². The number of Topliss-reactive ketones (excluding diaryl/α,β-unsaturated/α-hetero) is 1. The van der Waals surface area contributed by atoms with Crippen LogP contribution >= 0.6 is 0 Å². The van der Waals surface area contributed by atoms with E-state index in [1.54, 1.807) is 6.07 Å². The minimum atomic E-state index is -0.458. The van der Waals surface area contributed by atoms with E-state index in [4.69, 9.17) is 0 Å². The maximum Gasteiger partial charge on any atom is 0.270 e. The average Bonchev–Trinajstić information content (AvgIpc) is 2.86. The van der Waals surface area contributed by atoms with Gasteiger partial charge in [0.05, 0.1) is 4.92 Å². The predicted octanol–water partition coefficient (Wildman–Crippen LogP) is 3.42. The Labute approximate surface area is 118 Å². The van der Waals surface area contributed by atoms with Crippen molar-refractivity contribution in [2.75, 3.05) is 18.0 Å². The van der Waals surface area contributed by atoms with E-state index in [9.17, 15) is 14.9 Å². The first-order valence-electron chi connectivity index (χ1n) is 7.07. The maximum absolute atomic E-state index is 11.8. The van der Waals surface area contributed by atoms with Crippen molar-refractivity contribution in [3.8, 4) is 0 Å². The standard InChI is InChI=1S/C15H20N2O3/c1-3-4-12-7-8-16(10-12)15-6-5-13(17(19)20)9-14(15)11(2)18/h5-6,9,12H,3-4,7-8,10H2,1-2H3. The van der Waals surface area contributed by atoms with Crippen LogP contribution in [0.1, 0.15) is 43.5 Å². The molecule has 1 heterocycles. The Balaban J connectivity index is 2.28. The lowest BCUT2D eigenvalue weighted by atomic mass is 10.0. The van der Waals surface area contributed by atoms with Gasteiger partial charge in [-0.25, -0.2) is 0 Å². The number of nitro groups is 1. The van der Waals surface area contributed by atoms with E-state index in [1.165, 1.54) is 31.9 Å². The predicted molar refractivity (Wildman–Crippen MR) is 78.3 cm³/mol. The van der Waals surface area contributed by atoms with Crippen LogP contribution in [0.15, 0.2) is 18.2 Å². The fourth-order valence-electron chi connectivity index (χ4n) is 2.89. The van der Waals surface area contributed by atoms with Crippen LogP contribution in [0.2, 0.25) is 0 Å². The van der Waals surface area contributed by atoms with Crippen molar-refractivity contribution in [1.82, 2.24) is 0 Å². The summed E-state index contributed by atoms with van der Waals surface area (Å²) >= 11 is 0. The van der Waals surface area contributed by atoms with Gasteiger partial charge in [-0.05, 0) is 31.7 Å². The first-order chi connectivity index (χ1) is 9.52. The van der Waals surface area contributed by atoms with Gasteiger partial charge in [-0.3, -0.25) is 14.9 Å². The SMILES string of the molecule is CCCC1CCN(c2ccc([N+](=O)[O-])cc2C(C)=O)C1. The smallest absolute Gasteiger partial charge is 0.270 e. The van der Waals surface area contributed by atoms with Gasteiger partial charge < -0.3 is 4.90 Å². The molecular weight excluding hydrogens is 256 g/mol. The molecule has 0 spiro atoms. The van der Waals surface area contributed by atoms with Crippen molar-refractivity contribution in [2.24, 2.45) is 5.92 Å². The Morgan fingerprint density at radius 2 is 2.25 bits per heavy atom. The molecule has 0 radical (unpaired) electrons. The van der Waals surface area contributed by atoms with Crippen LogP contribution in [0.25, 0.3) is 0 Å². The van der Waals surface area contributed by atoms with Gasteiger partial charge in [0.1, 0.15) is 0 Å². The number of carbonyl (C=O) groups is 1. The number of ketones is 1. The molecule has 0 bridgehead atoms. The summed E-state index contributed by atoms with van der Waals surface area (Å²) in [6, 6.07) is 4.59. The molecular formula is C15H20N2O3. The van der Waals surface area contributed by atoms with E-state index < -0.39 is 4.92 Å². The van der Waals surface area contributed by atoms with E-state index in [0.29, 0.717) is 11.5 Å². The van der Waals surface area contributed by atoms with Crippen LogP contribution in [-0.2, 0) is 0 Å². The lowest BCUT2D eigenvalue weighted by Crippen LogP contribution is -2.22. The molecule has 1 aromatic carbocycles. The number of nitro benzene ring substituents is 1. The summed E-state index contributed by atoms with van der Waals surface area (Å²) in [5, 5.41) is 10.8. The molecule has 20 heavy (non-hydrogen) atoms. The lowest BCUT2D eigenvalue weighted by molar-refractivity contribution is -0.384. The number of hydrogen-bond acceptors (Lipinski definition) is 4. The normalized spacial score (nSPS) is 18.3. The van der Waals surface area contributed by atoms with Gasteiger partial charge in [0.15, 0.2) is 5.78 Å². The summed E-state index contributed by atoms with van der Waals surface area (Å²) in [4.78, 5) is 24.3. The van der Waals surface area contributed by atoms with Crippen LogP contribution in [-0.4, -0.2) is 23.8 Å². The van der Waals surface area contributed by atoms with E-state index in [2.05, 4.69) is 11.8 Å². The monoisotopic (exact) mass is 276 g/mol. The second-order valence-corrected chi connectivity index (χ2v) is 5.40. The molecule has 108 valence electrons. The first-order valence-corrected chi connectivity index (χ1v) is 7.07. The average molecular weight is 276 g/mol. The summed E-state index contributed by atoms with van der Waals surface area (Å²) in [6.07, 6.45) is 3.49. The maximum atomic E-state index is 11.8. The van der Waals surface area contributed by atoms with Gasteiger partial charge in [0, 0.05) is 36.5 Å². The van der Waals surface area contributed by atoms with Crippen molar-refractivity contribution < 1.29 is 9.72 Å². The lowest BCUT2D eigenvalue weighted by Gasteiger charge is -2.21. The molecule has 1 fully saturated rings. The second kappa shape index (κ2) is 6.03. The number of nitrogens with zero attached hydrogens (tertiary/aromatic N) is 2. The molecule has 0 aromatic heterocycles. The molecule has 5 heteroatoms. The molecule has 1 aliphatic heterocycles. The Kier molecular flexibility index (Phi) is 4.37. The third kappa shape index (κ3) is 2.98. The van der Waals surface area contributed by atoms with Crippen molar-refractivity contribution >= 4 is 17.2 Å². The van der Waals surface area contributed by atoms with Crippen molar-refractivity contribution in [3.05, 3.63) is 33.9 Å². The Hall–Kier alpha value is -1.91. The molecule has 1 saturated heterocycles. The number of benzene rings is 1. The number of non-ortho nitro benzene ring substituents is 1. The van der Waals surface area contributed by atoms with E-state index in [-0.39, 0.29) is 11.5 Å². The highest BCUT2D eigenvalue weighted by Crippen LogP contribution is 2.31. The van der Waals surface area contributed by atoms with Crippen molar-refractivity contribution in [1.29, 1.82) is 0 Å². The zero-order chi connectivity index (χ0) is 14.7. The van der Waals surface area contributed by atoms with Gasteiger partial charge in [-0.15, -0.1) is 0 Å². The van der Waals surface area contributed by atoms with Crippen molar-refractivity contribution in [2.45, 2.75) is 33.1 Å². The molecule has 5 nitrogen and oxygen atoms in total. The summed E-state index contributed by atoms with van der Waals surface area (Å²) < 4.78 is 0. The molecule has 1 aromatic rings. The summed E-state index contributed by atoms with van der Waals surface area (Å²) in [5.41, 5.74) is 1.27. The summed E-state index contributed by atoms with van der Waals surface area (Å²) in [7, 11) is 0. The molecule has 2 rings (SSSR count). The quantitative estimate of drug-likeness (QED) is 0.469. The fraction of sp³-hybridized carbons (Fsp3) is 0.533. The topological polar surface area (TPSA) is 63.4 Å². The Morgan fingerprint density at radius 3 is 2.85 bits per heavy atom. The molecule has 0 aliphatic carbocycles. The van der Waals surface area contributed by atoms with Gasteiger partial charge >= 0.3 is 0 Å². The van der Waals surface area contributed by atoms with Crippen LogP contribution in [0.4, 0.5) is 11.4 Å². The number of rotatable bonds is 5. The van der Waals surface area contributed by atoms with Gasteiger partial charge in [0.25, 0.3) is 5.69 Å². The summed E-state index contributed by atoms with van der Waals surface area (Å²) in [5.74, 6) is 0.539. The molecule has 1 atom stereocenters. The summed E-state index contributed by atoms with van der Waals surface area (Å²) in [6.45, 7) is 5.49. The minimum absolute atomic E-state index is 0.0248. The Morgan fingerprint density at radius 1 is 1.50 bits per heavy atom.